The molecule has 26 heavy (non-hydrogen) atoms. The predicted octanol–water partition coefficient (Wildman–Crippen LogP) is 3.72. The van der Waals surface area contributed by atoms with Gasteiger partial charge in [0.1, 0.15) is 0 Å². The number of hydrogen-bond donors (Lipinski definition) is 2. The van der Waals surface area contributed by atoms with Crippen molar-refractivity contribution in [1.82, 2.24) is 4.90 Å². The van der Waals surface area contributed by atoms with E-state index in [2.05, 4.69) is 59.7 Å². The van der Waals surface area contributed by atoms with Crippen molar-refractivity contribution in [2.75, 3.05) is 25.5 Å². The number of carbonyl (C=O) groups excluding carboxylic acids is 1. The second-order valence-electron chi connectivity index (χ2n) is 7.18. The summed E-state index contributed by atoms with van der Waals surface area (Å²) < 4.78 is 0. The van der Waals surface area contributed by atoms with Crippen molar-refractivity contribution in [1.29, 1.82) is 0 Å². The van der Waals surface area contributed by atoms with Gasteiger partial charge in [-0.25, -0.2) is 0 Å². The molecule has 3 N–H and O–H groups in total. The molecule has 0 fully saturated rings. The number of rotatable bonds is 7. The SMILES string of the molecule is CN1Cc2c(NC(=O)CCCCCN)cccc2C(c2ccccc2)C1. The Hall–Kier alpha value is -2.17. The van der Waals surface area contributed by atoms with E-state index in [0.717, 1.165) is 38.0 Å². The van der Waals surface area contributed by atoms with Gasteiger partial charge in [0.15, 0.2) is 0 Å². The second kappa shape index (κ2) is 8.97. The Kier molecular flexibility index (Phi) is 6.42. The average molecular weight is 351 g/mol. The third-order valence-electron chi connectivity index (χ3n) is 5.09. The van der Waals surface area contributed by atoms with Crippen molar-refractivity contribution in [3.05, 3.63) is 65.2 Å². The first-order valence-electron chi connectivity index (χ1n) is 9.54. The van der Waals surface area contributed by atoms with Gasteiger partial charge in [-0.1, -0.05) is 48.9 Å². The molecule has 138 valence electrons. The smallest absolute Gasteiger partial charge is 0.224 e. The Balaban J connectivity index is 1.78. The fraction of sp³-hybridized carbons (Fsp3) is 0.409. The molecule has 1 aliphatic heterocycles. The van der Waals surface area contributed by atoms with Crippen LogP contribution in [0.3, 0.4) is 0 Å². The standard InChI is InChI=1S/C22H29N3O/c1-25-15-19(17-9-4-2-5-10-17)18-11-8-12-21(20(18)16-25)24-22(26)13-6-3-7-14-23/h2,4-5,8-12,19H,3,6-7,13-16,23H2,1H3,(H,24,26). The van der Waals surface area contributed by atoms with Crippen molar-refractivity contribution < 1.29 is 4.79 Å². The number of benzene rings is 2. The van der Waals surface area contributed by atoms with Gasteiger partial charge in [0.2, 0.25) is 5.91 Å². The largest absolute Gasteiger partial charge is 0.330 e. The molecule has 0 aromatic heterocycles. The highest BCUT2D eigenvalue weighted by atomic mass is 16.1. The second-order valence-corrected chi connectivity index (χ2v) is 7.18. The molecule has 3 rings (SSSR count). The number of unbranched alkanes of at least 4 members (excludes halogenated alkanes) is 2. The zero-order valence-corrected chi connectivity index (χ0v) is 15.6. The van der Waals surface area contributed by atoms with E-state index in [1.165, 1.54) is 16.7 Å². The van der Waals surface area contributed by atoms with Crippen LogP contribution in [0.4, 0.5) is 5.69 Å². The van der Waals surface area contributed by atoms with E-state index in [1.54, 1.807) is 0 Å². The van der Waals surface area contributed by atoms with Crippen LogP contribution in [-0.4, -0.2) is 30.9 Å². The summed E-state index contributed by atoms with van der Waals surface area (Å²) in [5, 5.41) is 3.14. The summed E-state index contributed by atoms with van der Waals surface area (Å²) in [5.41, 5.74) is 10.4. The predicted molar refractivity (Wildman–Crippen MR) is 107 cm³/mol. The first kappa shape index (κ1) is 18.6. The van der Waals surface area contributed by atoms with Gasteiger partial charge in [-0.3, -0.25) is 4.79 Å². The minimum absolute atomic E-state index is 0.0971. The molecule has 2 aromatic carbocycles. The monoisotopic (exact) mass is 351 g/mol. The number of anilines is 1. The van der Waals surface area contributed by atoms with Gasteiger partial charge in [-0.15, -0.1) is 0 Å². The summed E-state index contributed by atoms with van der Waals surface area (Å²) in [6.07, 6.45) is 3.44. The molecule has 1 unspecified atom stereocenters. The van der Waals surface area contributed by atoms with E-state index in [0.29, 0.717) is 18.9 Å². The minimum Gasteiger partial charge on any atom is -0.330 e. The molecule has 0 aliphatic carbocycles. The first-order chi connectivity index (χ1) is 12.7. The van der Waals surface area contributed by atoms with Crippen LogP contribution >= 0.6 is 0 Å². The molecule has 0 bridgehead atoms. The van der Waals surface area contributed by atoms with Crippen molar-refractivity contribution in [2.45, 2.75) is 38.1 Å². The Labute approximate surface area is 156 Å². The summed E-state index contributed by atoms with van der Waals surface area (Å²) >= 11 is 0. The molecule has 1 amide bonds. The van der Waals surface area contributed by atoms with Crippen LogP contribution in [-0.2, 0) is 11.3 Å². The van der Waals surface area contributed by atoms with Crippen molar-refractivity contribution >= 4 is 11.6 Å². The van der Waals surface area contributed by atoms with Gasteiger partial charge in [0.05, 0.1) is 0 Å². The van der Waals surface area contributed by atoms with Crippen molar-refractivity contribution in [3.63, 3.8) is 0 Å². The van der Waals surface area contributed by atoms with Crippen LogP contribution in [0.2, 0.25) is 0 Å². The normalized spacial score (nSPS) is 16.9. The van der Waals surface area contributed by atoms with Gasteiger partial charge in [0, 0.05) is 31.1 Å². The highest BCUT2D eigenvalue weighted by Crippen LogP contribution is 2.36. The van der Waals surface area contributed by atoms with E-state index in [4.69, 9.17) is 5.73 Å². The maximum atomic E-state index is 12.3. The summed E-state index contributed by atoms with van der Waals surface area (Å²) in [4.78, 5) is 14.7. The van der Waals surface area contributed by atoms with Crippen LogP contribution < -0.4 is 11.1 Å². The molecule has 1 aliphatic rings. The Morgan fingerprint density at radius 1 is 1.12 bits per heavy atom. The first-order valence-corrected chi connectivity index (χ1v) is 9.54. The molecule has 0 radical (unpaired) electrons. The fourth-order valence-corrected chi connectivity index (χ4v) is 3.76. The van der Waals surface area contributed by atoms with Gasteiger partial charge in [0.25, 0.3) is 0 Å². The zero-order chi connectivity index (χ0) is 18.4. The quantitative estimate of drug-likeness (QED) is 0.748. The highest BCUT2D eigenvalue weighted by molar-refractivity contribution is 5.91. The van der Waals surface area contributed by atoms with Crippen LogP contribution in [0.15, 0.2) is 48.5 Å². The lowest BCUT2D eigenvalue weighted by Crippen LogP contribution is -2.32. The lowest BCUT2D eigenvalue weighted by Gasteiger charge is -2.34. The topological polar surface area (TPSA) is 58.4 Å². The fourth-order valence-electron chi connectivity index (χ4n) is 3.76. The zero-order valence-electron chi connectivity index (χ0n) is 15.6. The Morgan fingerprint density at radius 3 is 2.69 bits per heavy atom. The molecule has 1 atom stereocenters. The highest BCUT2D eigenvalue weighted by Gasteiger charge is 2.26. The lowest BCUT2D eigenvalue weighted by atomic mass is 9.84. The molecular weight excluding hydrogens is 322 g/mol. The van der Waals surface area contributed by atoms with E-state index >= 15 is 0 Å². The number of likely N-dealkylation sites (N-methyl/N-ethyl adjacent to an activating group) is 1. The molecule has 0 spiro atoms. The van der Waals surface area contributed by atoms with Gasteiger partial charge in [-0.05, 0) is 49.2 Å². The van der Waals surface area contributed by atoms with E-state index in [1.807, 2.05) is 6.07 Å². The van der Waals surface area contributed by atoms with Crippen LogP contribution in [0.5, 0.6) is 0 Å². The molecular formula is C22H29N3O. The van der Waals surface area contributed by atoms with Gasteiger partial charge in [-0.2, -0.15) is 0 Å². The number of nitrogens with one attached hydrogen (secondary N) is 1. The maximum Gasteiger partial charge on any atom is 0.224 e. The number of nitrogens with zero attached hydrogens (tertiary/aromatic N) is 1. The third-order valence-corrected chi connectivity index (χ3v) is 5.09. The number of hydrogen-bond acceptors (Lipinski definition) is 3. The average Bonchev–Trinajstić information content (AvgIpc) is 2.66. The number of fused-ring (bicyclic) bond motifs is 1. The molecule has 0 saturated carbocycles. The Bertz CT molecular complexity index is 729. The molecule has 1 heterocycles. The van der Waals surface area contributed by atoms with Crippen molar-refractivity contribution in [2.24, 2.45) is 5.73 Å². The third kappa shape index (κ3) is 4.51. The van der Waals surface area contributed by atoms with E-state index < -0.39 is 0 Å². The maximum absolute atomic E-state index is 12.3. The van der Waals surface area contributed by atoms with Crippen LogP contribution in [0, 0.1) is 0 Å². The van der Waals surface area contributed by atoms with E-state index in [-0.39, 0.29) is 5.91 Å². The molecule has 2 aromatic rings. The Morgan fingerprint density at radius 2 is 1.92 bits per heavy atom. The summed E-state index contributed by atoms with van der Waals surface area (Å²) in [6, 6.07) is 16.9. The van der Waals surface area contributed by atoms with Gasteiger partial charge >= 0.3 is 0 Å². The minimum atomic E-state index is 0.0971. The van der Waals surface area contributed by atoms with Crippen molar-refractivity contribution in [3.8, 4) is 0 Å². The summed E-state index contributed by atoms with van der Waals surface area (Å²) in [7, 11) is 2.14. The number of amides is 1. The van der Waals surface area contributed by atoms with Crippen LogP contribution in [0.25, 0.3) is 0 Å². The van der Waals surface area contributed by atoms with E-state index in [9.17, 15) is 4.79 Å². The summed E-state index contributed by atoms with van der Waals surface area (Å²) in [5.74, 6) is 0.436. The molecule has 4 nitrogen and oxygen atoms in total. The lowest BCUT2D eigenvalue weighted by molar-refractivity contribution is -0.116. The summed E-state index contributed by atoms with van der Waals surface area (Å²) in [6.45, 7) is 2.55. The van der Waals surface area contributed by atoms with Gasteiger partial charge < -0.3 is 16.0 Å². The number of carbonyl (C=O) groups is 1. The van der Waals surface area contributed by atoms with Crippen LogP contribution in [0.1, 0.15) is 48.3 Å². The molecule has 0 saturated heterocycles. The number of nitrogens with two attached hydrogens (primary N) is 1. The molecule has 4 heteroatoms.